The number of anilines is 3. The molecular weight excluding hydrogens is 859 g/mol. The maximum absolute atomic E-state index is 7.11. The van der Waals surface area contributed by atoms with Crippen LogP contribution in [0.1, 0.15) is 35.1 Å². The molecule has 2 heteroatoms. The van der Waals surface area contributed by atoms with Gasteiger partial charge in [-0.2, -0.15) is 0 Å². The van der Waals surface area contributed by atoms with E-state index in [-0.39, 0.29) is 0 Å². The van der Waals surface area contributed by atoms with Crippen molar-refractivity contribution in [2.75, 3.05) is 4.90 Å². The van der Waals surface area contributed by atoms with Gasteiger partial charge in [0.05, 0.1) is 5.41 Å². The average molecular weight is 904 g/mol. The second-order valence-electron chi connectivity index (χ2n) is 19.4. The lowest BCUT2D eigenvalue weighted by Crippen LogP contribution is -2.28. The molecule has 1 aromatic heterocycles. The summed E-state index contributed by atoms with van der Waals surface area (Å²) in [6.45, 7) is 0. The monoisotopic (exact) mass is 903 g/mol. The third kappa shape index (κ3) is 5.83. The smallest absolute Gasteiger partial charge is 0.143 e. The standard InChI is InChI=1S/C69H45NO/c1-3-19-52-44(15-1)17-13-25-54(52)46-31-37-49(38-32-46)70(50-39-33-47(34-40-50)55-26-14-18-45-16-2-4-20-53(45)55)51-41-35-48(36-42-51)66-67-60(43-61-59-24-8-12-30-65(59)71-68(61)66)58-23-7-11-29-64(58)69(67)62-27-9-5-21-56(62)57-22-6-10-28-63(57)69/h1-5,7-21,23-43H,6,22H2. The molecule has 12 aromatic rings. The van der Waals surface area contributed by atoms with Crippen molar-refractivity contribution in [3.05, 3.63) is 277 Å². The van der Waals surface area contributed by atoms with Crippen LogP contribution in [0.25, 0.3) is 93.6 Å². The predicted octanol–water partition coefficient (Wildman–Crippen LogP) is 18.8. The Balaban J connectivity index is 0.929. The fraction of sp³-hybridized carbons (Fsp3) is 0.0435. The van der Waals surface area contributed by atoms with Gasteiger partial charge in [0, 0.05) is 33.4 Å². The van der Waals surface area contributed by atoms with Crippen molar-refractivity contribution in [1.82, 2.24) is 0 Å². The van der Waals surface area contributed by atoms with Crippen molar-refractivity contribution in [2.24, 2.45) is 0 Å². The molecule has 0 bridgehead atoms. The van der Waals surface area contributed by atoms with Crippen LogP contribution in [0, 0.1) is 0 Å². The van der Waals surface area contributed by atoms with E-state index >= 15 is 0 Å². The fourth-order valence-electron chi connectivity index (χ4n) is 12.7. The van der Waals surface area contributed by atoms with Crippen LogP contribution in [-0.2, 0) is 5.41 Å². The highest BCUT2D eigenvalue weighted by atomic mass is 16.3. The lowest BCUT2D eigenvalue weighted by molar-refractivity contribution is 0.668. The van der Waals surface area contributed by atoms with E-state index in [1.165, 1.54) is 88.3 Å². The molecule has 332 valence electrons. The topological polar surface area (TPSA) is 16.4 Å². The van der Waals surface area contributed by atoms with Crippen molar-refractivity contribution in [1.29, 1.82) is 0 Å². The largest absolute Gasteiger partial charge is 0.455 e. The lowest BCUT2D eigenvalue weighted by atomic mass is 9.67. The van der Waals surface area contributed by atoms with Crippen LogP contribution in [0.4, 0.5) is 17.1 Å². The van der Waals surface area contributed by atoms with Gasteiger partial charge in [-0.05, 0) is 155 Å². The van der Waals surface area contributed by atoms with Crippen LogP contribution in [0.15, 0.2) is 259 Å². The second-order valence-corrected chi connectivity index (χ2v) is 19.4. The number of hydrogen-bond donors (Lipinski definition) is 0. The minimum atomic E-state index is -0.500. The summed E-state index contributed by atoms with van der Waals surface area (Å²) >= 11 is 0. The number of rotatable bonds is 6. The highest BCUT2D eigenvalue weighted by Gasteiger charge is 2.54. The van der Waals surface area contributed by atoms with E-state index in [9.17, 15) is 0 Å². The molecule has 0 N–H and O–H groups in total. The molecule has 0 saturated heterocycles. The molecule has 0 fully saturated rings. The van der Waals surface area contributed by atoms with Crippen molar-refractivity contribution in [3.8, 4) is 44.5 Å². The van der Waals surface area contributed by atoms with Crippen LogP contribution >= 0.6 is 0 Å². The predicted molar refractivity (Wildman–Crippen MR) is 297 cm³/mol. The number of para-hydroxylation sites is 1. The second kappa shape index (κ2) is 15.5. The Morgan fingerprint density at radius 3 is 1.52 bits per heavy atom. The Hall–Kier alpha value is -8.98. The van der Waals surface area contributed by atoms with Crippen LogP contribution in [0.5, 0.6) is 0 Å². The average Bonchev–Trinajstić information content (AvgIpc) is 4.07. The van der Waals surface area contributed by atoms with Gasteiger partial charge in [-0.25, -0.2) is 0 Å². The van der Waals surface area contributed by atoms with Crippen molar-refractivity contribution < 1.29 is 4.42 Å². The summed E-state index contributed by atoms with van der Waals surface area (Å²) in [6, 6.07) is 87.2. The zero-order valence-corrected chi connectivity index (χ0v) is 38.9. The zero-order chi connectivity index (χ0) is 46.6. The first-order chi connectivity index (χ1) is 35.2. The first-order valence-electron chi connectivity index (χ1n) is 24.9. The summed E-state index contributed by atoms with van der Waals surface area (Å²) in [7, 11) is 0. The molecular formula is C69H45NO. The third-order valence-corrected chi connectivity index (χ3v) is 15.8. The molecule has 15 rings (SSSR count). The molecule has 3 aliphatic carbocycles. The van der Waals surface area contributed by atoms with Gasteiger partial charge in [-0.15, -0.1) is 0 Å². The molecule has 1 atom stereocenters. The molecule has 3 aliphatic rings. The van der Waals surface area contributed by atoms with E-state index < -0.39 is 5.41 Å². The normalized spacial score (nSPS) is 15.4. The number of allylic oxidation sites excluding steroid dienone is 4. The number of furan rings is 1. The molecule has 0 radical (unpaired) electrons. The van der Waals surface area contributed by atoms with Crippen LogP contribution in [-0.4, -0.2) is 0 Å². The van der Waals surface area contributed by atoms with E-state index in [0.29, 0.717) is 0 Å². The van der Waals surface area contributed by atoms with Crippen LogP contribution in [0.3, 0.4) is 0 Å². The molecule has 0 aliphatic heterocycles. The van der Waals surface area contributed by atoms with Gasteiger partial charge < -0.3 is 9.32 Å². The molecule has 71 heavy (non-hydrogen) atoms. The minimum Gasteiger partial charge on any atom is -0.455 e. The maximum Gasteiger partial charge on any atom is 0.143 e. The van der Waals surface area contributed by atoms with E-state index in [2.05, 4.69) is 254 Å². The SMILES string of the molecule is C1=CC2=C(CC1)c1ccccc1C21c2ccccc2-c2cc3c(oc4ccccc43)c(-c3ccc(N(c4ccc(-c5cccc6ccccc56)cc4)c4ccc(-c5cccc6ccccc56)cc4)cc3)c21. The summed E-state index contributed by atoms with van der Waals surface area (Å²) in [5.74, 6) is 0. The first-order valence-corrected chi connectivity index (χ1v) is 24.9. The Bertz CT molecular complexity index is 4070. The number of nitrogens with zero attached hydrogens (tertiary/aromatic N) is 1. The van der Waals surface area contributed by atoms with Gasteiger partial charge in [0.15, 0.2) is 0 Å². The van der Waals surface area contributed by atoms with Gasteiger partial charge in [-0.3, -0.25) is 0 Å². The minimum absolute atomic E-state index is 0.500. The number of hydrogen-bond acceptors (Lipinski definition) is 2. The summed E-state index contributed by atoms with van der Waals surface area (Å²) in [5.41, 5.74) is 22.5. The van der Waals surface area contributed by atoms with Gasteiger partial charge in [0.2, 0.25) is 0 Å². The quantitative estimate of drug-likeness (QED) is 0.165. The van der Waals surface area contributed by atoms with E-state index in [4.69, 9.17) is 4.42 Å². The van der Waals surface area contributed by atoms with Gasteiger partial charge in [0.1, 0.15) is 11.2 Å². The van der Waals surface area contributed by atoms with Crippen molar-refractivity contribution >= 4 is 66.1 Å². The van der Waals surface area contributed by atoms with E-state index in [0.717, 1.165) is 63.0 Å². The fourth-order valence-corrected chi connectivity index (χ4v) is 12.7. The molecule has 1 spiro atoms. The zero-order valence-electron chi connectivity index (χ0n) is 38.9. The summed E-state index contributed by atoms with van der Waals surface area (Å²) < 4.78 is 7.11. The Morgan fingerprint density at radius 1 is 0.394 bits per heavy atom. The highest BCUT2D eigenvalue weighted by molar-refractivity contribution is 6.15. The van der Waals surface area contributed by atoms with Gasteiger partial charge in [-0.1, -0.05) is 200 Å². The molecule has 11 aromatic carbocycles. The van der Waals surface area contributed by atoms with E-state index in [1.807, 2.05) is 0 Å². The Labute approximate surface area is 412 Å². The third-order valence-electron chi connectivity index (χ3n) is 15.8. The summed E-state index contributed by atoms with van der Waals surface area (Å²) in [5, 5.41) is 7.27. The molecule has 2 nitrogen and oxygen atoms in total. The number of benzene rings is 11. The van der Waals surface area contributed by atoms with Gasteiger partial charge >= 0.3 is 0 Å². The number of fused-ring (bicyclic) bond motifs is 14. The van der Waals surface area contributed by atoms with Crippen molar-refractivity contribution in [3.63, 3.8) is 0 Å². The van der Waals surface area contributed by atoms with Crippen molar-refractivity contribution in [2.45, 2.75) is 18.3 Å². The molecule has 0 amide bonds. The maximum atomic E-state index is 7.11. The molecule has 1 unspecified atom stereocenters. The first kappa shape index (κ1) is 40.0. The molecule has 1 heterocycles. The van der Waals surface area contributed by atoms with Crippen LogP contribution < -0.4 is 4.90 Å². The molecule has 0 saturated carbocycles. The summed E-state index contributed by atoms with van der Waals surface area (Å²) in [4.78, 5) is 2.39. The van der Waals surface area contributed by atoms with Crippen LogP contribution in [0.2, 0.25) is 0 Å². The van der Waals surface area contributed by atoms with E-state index in [1.54, 1.807) is 0 Å². The lowest BCUT2D eigenvalue weighted by Gasteiger charge is -2.34. The Morgan fingerprint density at radius 2 is 0.887 bits per heavy atom. The summed E-state index contributed by atoms with van der Waals surface area (Å²) in [6.07, 6.45) is 6.90. The highest BCUT2D eigenvalue weighted by Crippen LogP contribution is 2.66. The van der Waals surface area contributed by atoms with Gasteiger partial charge in [0.25, 0.3) is 0 Å². The Kier molecular flexibility index (Phi) is 8.73.